The Bertz CT molecular complexity index is 340. The van der Waals surface area contributed by atoms with Crippen LogP contribution in [0.2, 0.25) is 0 Å². The van der Waals surface area contributed by atoms with Gasteiger partial charge in [0.05, 0.1) is 5.25 Å². The van der Waals surface area contributed by atoms with E-state index in [-0.39, 0.29) is 6.42 Å². The number of sulfone groups is 1. The van der Waals surface area contributed by atoms with E-state index in [1.807, 2.05) is 0 Å². The van der Waals surface area contributed by atoms with Gasteiger partial charge in [-0.3, -0.25) is 0 Å². The van der Waals surface area contributed by atoms with Crippen molar-refractivity contribution < 1.29 is 17.2 Å². The Hall–Kier alpha value is -0.710. The zero-order chi connectivity index (χ0) is 9.35. The normalized spacial score (nSPS) is 24.8. The predicted octanol–water partition coefficient (Wildman–Crippen LogP) is 1.51. The zero-order valence-electron chi connectivity index (χ0n) is 6.42. The Balaban J connectivity index is 2.94. The molecule has 0 aromatic heterocycles. The Labute approximate surface area is 69.5 Å². The van der Waals surface area contributed by atoms with Gasteiger partial charge in [-0.2, -0.15) is 0 Å². The lowest BCUT2D eigenvalue weighted by Crippen LogP contribution is -2.18. The predicted molar refractivity (Wildman–Crippen MR) is 41.6 cm³/mol. The van der Waals surface area contributed by atoms with Gasteiger partial charge in [-0.05, 0) is 18.6 Å². The van der Waals surface area contributed by atoms with Crippen LogP contribution in [0.5, 0.6) is 0 Å². The van der Waals surface area contributed by atoms with Gasteiger partial charge in [0.2, 0.25) is 0 Å². The largest absolute Gasteiger partial charge is 0.229 e. The van der Waals surface area contributed by atoms with E-state index in [0.717, 1.165) is 18.4 Å². The molecule has 1 rings (SSSR count). The summed E-state index contributed by atoms with van der Waals surface area (Å²) >= 11 is 0. The van der Waals surface area contributed by atoms with Crippen molar-refractivity contribution in [3.8, 4) is 0 Å². The fraction of sp³-hybridized carbons (Fsp3) is 0.429. The number of halogens is 2. The molecule has 0 radical (unpaired) electrons. The van der Waals surface area contributed by atoms with E-state index in [2.05, 4.69) is 0 Å². The average Bonchev–Trinajstić information content (AvgIpc) is 1.92. The van der Waals surface area contributed by atoms with Crippen LogP contribution < -0.4 is 0 Å². The average molecular weight is 194 g/mol. The second-order valence-corrected chi connectivity index (χ2v) is 4.93. The first-order chi connectivity index (χ1) is 5.41. The molecule has 0 saturated carbocycles. The van der Waals surface area contributed by atoms with Gasteiger partial charge in [-0.25, -0.2) is 17.2 Å². The van der Waals surface area contributed by atoms with Crippen molar-refractivity contribution in [1.29, 1.82) is 0 Å². The molecule has 0 fully saturated rings. The summed E-state index contributed by atoms with van der Waals surface area (Å²) < 4.78 is 46.6. The first kappa shape index (κ1) is 9.38. The summed E-state index contributed by atoms with van der Waals surface area (Å²) in [4.78, 5) is 0. The summed E-state index contributed by atoms with van der Waals surface area (Å²) in [5, 5.41) is -0.919. The van der Waals surface area contributed by atoms with E-state index in [9.17, 15) is 17.2 Å². The number of allylic oxidation sites excluding steroid dienone is 3. The molecule has 0 aliphatic heterocycles. The maximum absolute atomic E-state index is 12.5. The molecular formula is C7H8F2O2S. The lowest BCUT2D eigenvalue weighted by Gasteiger charge is -2.11. The molecule has 0 aromatic rings. The molecule has 12 heavy (non-hydrogen) atoms. The summed E-state index contributed by atoms with van der Waals surface area (Å²) in [5.74, 6) is -2.06. The van der Waals surface area contributed by atoms with Gasteiger partial charge in [-0.15, -0.1) is 0 Å². The molecule has 0 N–H and O–H groups in total. The fourth-order valence-corrected chi connectivity index (χ4v) is 1.74. The molecule has 5 heteroatoms. The van der Waals surface area contributed by atoms with Crippen LogP contribution in [0.15, 0.2) is 23.8 Å². The van der Waals surface area contributed by atoms with Crippen LogP contribution in [-0.2, 0) is 9.84 Å². The summed E-state index contributed by atoms with van der Waals surface area (Å²) in [6.07, 6.45) is 2.75. The molecule has 1 unspecified atom stereocenters. The Kier molecular flexibility index (Phi) is 2.32. The lowest BCUT2D eigenvalue weighted by molar-refractivity contribution is 0.526. The zero-order valence-corrected chi connectivity index (χ0v) is 7.24. The summed E-state index contributed by atoms with van der Waals surface area (Å²) in [6.45, 7) is 0. The van der Waals surface area contributed by atoms with Crippen LogP contribution in [0, 0.1) is 0 Å². The summed E-state index contributed by atoms with van der Waals surface area (Å²) in [6, 6.07) is 0. The highest BCUT2D eigenvalue weighted by Crippen LogP contribution is 2.24. The van der Waals surface area contributed by atoms with E-state index in [4.69, 9.17) is 0 Å². The Morgan fingerprint density at radius 2 is 2.00 bits per heavy atom. The highest BCUT2D eigenvalue weighted by Gasteiger charge is 2.23. The van der Waals surface area contributed by atoms with E-state index < -0.39 is 26.7 Å². The molecule has 1 aliphatic carbocycles. The molecule has 1 aliphatic rings. The molecule has 1 atom stereocenters. The number of rotatable bonds is 1. The number of hydrogen-bond acceptors (Lipinski definition) is 2. The highest BCUT2D eigenvalue weighted by atomic mass is 32.2. The van der Waals surface area contributed by atoms with Crippen molar-refractivity contribution in [2.24, 2.45) is 0 Å². The third-order valence-electron chi connectivity index (χ3n) is 1.64. The Morgan fingerprint density at radius 3 is 2.42 bits per heavy atom. The van der Waals surface area contributed by atoms with Gasteiger partial charge >= 0.3 is 0 Å². The monoisotopic (exact) mass is 194 g/mol. The first-order valence-corrected chi connectivity index (χ1v) is 5.29. The summed E-state index contributed by atoms with van der Waals surface area (Å²) in [5.41, 5.74) is 0. The number of hydrogen-bond donors (Lipinski definition) is 0. The van der Waals surface area contributed by atoms with E-state index >= 15 is 0 Å². The highest BCUT2D eigenvalue weighted by molar-refractivity contribution is 7.91. The van der Waals surface area contributed by atoms with Crippen molar-refractivity contribution in [1.82, 2.24) is 0 Å². The van der Waals surface area contributed by atoms with Gasteiger partial charge in [0.15, 0.2) is 21.5 Å². The maximum Gasteiger partial charge on any atom is 0.155 e. The van der Waals surface area contributed by atoms with Crippen molar-refractivity contribution in [2.75, 3.05) is 6.26 Å². The van der Waals surface area contributed by atoms with Crippen LogP contribution in [-0.4, -0.2) is 19.9 Å². The van der Waals surface area contributed by atoms with Crippen LogP contribution in [0.25, 0.3) is 0 Å². The van der Waals surface area contributed by atoms with E-state index in [0.29, 0.717) is 0 Å². The first-order valence-electron chi connectivity index (χ1n) is 3.33. The van der Waals surface area contributed by atoms with Gasteiger partial charge in [-0.1, -0.05) is 0 Å². The van der Waals surface area contributed by atoms with Gasteiger partial charge in [0.1, 0.15) is 0 Å². The molecule has 0 bridgehead atoms. The SMILES string of the molecule is CS(=O)(=O)C1C=C(F)C(F)=CC1. The van der Waals surface area contributed by atoms with Gasteiger partial charge in [0.25, 0.3) is 0 Å². The minimum absolute atomic E-state index is 0.0120. The topological polar surface area (TPSA) is 34.1 Å². The third-order valence-corrected chi connectivity index (χ3v) is 3.07. The van der Waals surface area contributed by atoms with Crippen molar-refractivity contribution in [2.45, 2.75) is 11.7 Å². The second-order valence-electron chi connectivity index (χ2n) is 2.67. The van der Waals surface area contributed by atoms with Crippen LogP contribution in [0.3, 0.4) is 0 Å². The Morgan fingerprint density at radius 1 is 1.42 bits per heavy atom. The minimum Gasteiger partial charge on any atom is -0.229 e. The third kappa shape index (κ3) is 1.91. The van der Waals surface area contributed by atoms with Crippen molar-refractivity contribution in [3.63, 3.8) is 0 Å². The van der Waals surface area contributed by atoms with Crippen molar-refractivity contribution >= 4 is 9.84 Å². The van der Waals surface area contributed by atoms with Crippen LogP contribution in [0.4, 0.5) is 8.78 Å². The van der Waals surface area contributed by atoms with Crippen molar-refractivity contribution in [3.05, 3.63) is 23.8 Å². The molecular weight excluding hydrogens is 186 g/mol. The second kappa shape index (κ2) is 2.97. The molecule has 68 valence electrons. The summed E-state index contributed by atoms with van der Waals surface area (Å²) in [7, 11) is -3.31. The molecule has 0 spiro atoms. The smallest absolute Gasteiger partial charge is 0.155 e. The molecule has 0 aromatic carbocycles. The van der Waals surface area contributed by atoms with Gasteiger partial charge in [0, 0.05) is 6.26 Å². The molecule has 0 saturated heterocycles. The van der Waals surface area contributed by atoms with Crippen LogP contribution in [0.1, 0.15) is 6.42 Å². The quantitative estimate of drug-likeness (QED) is 0.634. The van der Waals surface area contributed by atoms with E-state index in [1.54, 1.807) is 0 Å². The molecule has 2 nitrogen and oxygen atoms in total. The molecule has 0 amide bonds. The van der Waals surface area contributed by atoms with E-state index in [1.165, 1.54) is 0 Å². The lowest BCUT2D eigenvalue weighted by atomic mass is 10.2. The van der Waals surface area contributed by atoms with Gasteiger partial charge < -0.3 is 0 Å². The maximum atomic E-state index is 12.5. The minimum atomic E-state index is -3.31. The van der Waals surface area contributed by atoms with Crippen LogP contribution >= 0.6 is 0 Å². The molecule has 0 heterocycles. The fourth-order valence-electron chi connectivity index (χ4n) is 0.926. The standard InChI is InChI=1S/C7H8F2O2S/c1-12(10,11)5-2-3-6(8)7(9)4-5/h3-5H,2H2,1H3.